The second-order valence-electron chi connectivity index (χ2n) is 9.09. The van der Waals surface area contributed by atoms with Crippen molar-refractivity contribution in [3.63, 3.8) is 0 Å². The van der Waals surface area contributed by atoms with Crippen LogP contribution >= 0.6 is 11.8 Å². The maximum atomic E-state index is 12.9. The van der Waals surface area contributed by atoms with Crippen molar-refractivity contribution in [2.45, 2.75) is 56.8 Å². The van der Waals surface area contributed by atoms with Crippen LogP contribution in [0.4, 0.5) is 0 Å². The van der Waals surface area contributed by atoms with Gasteiger partial charge < -0.3 is 14.1 Å². The summed E-state index contributed by atoms with van der Waals surface area (Å²) in [7, 11) is 1.65. The molecule has 6 nitrogen and oxygen atoms in total. The maximum Gasteiger partial charge on any atom is 0.277 e. The second kappa shape index (κ2) is 9.36. The molecule has 0 radical (unpaired) electrons. The number of carbonyl (C=O) groups excluding carboxylic acids is 1. The molecular weight excluding hydrogens is 422 g/mol. The first kappa shape index (κ1) is 22.4. The van der Waals surface area contributed by atoms with Crippen molar-refractivity contribution >= 4 is 17.7 Å². The lowest BCUT2D eigenvalue weighted by Crippen LogP contribution is -2.33. The van der Waals surface area contributed by atoms with Crippen LogP contribution in [0.5, 0.6) is 5.75 Å². The van der Waals surface area contributed by atoms with E-state index in [1.807, 2.05) is 41.3 Å². The molecule has 0 atom stereocenters. The lowest BCUT2D eigenvalue weighted by molar-refractivity contribution is -0.129. The smallest absolute Gasteiger partial charge is 0.277 e. The van der Waals surface area contributed by atoms with Gasteiger partial charge in [0.05, 0.1) is 12.9 Å². The van der Waals surface area contributed by atoms with Crippen LogP contribution in [0.3, 0.4) is 0 Å². The Morgan fingerprint density at radius 2 is 1.78 bits per heavy atom. The zero-order chi connectivity index (χ0) is 22.7. The van der Waals surface area contributed by atoms with E-state index in [9.17, 15) is 4.79 Å². The van der Waals surface area contributed by atoms with Crippen molar-refractivity contribution in [2.75, 3.05) is 12.9 Å². The number of thioether (sulfide) groups is 1. The summed E-state index contributed by atoms with van der Waals surface area (Å²) >= 11 is 1.29. The van der Waals surface area contributed by atoms with Crippen LogP contribution in [0.1, 0.15) is 44.7 Å². The Labute approximate surface area is 193 Å². The molecule has 2 aromatic carbocycles. The molecule has 7 heteroatoms. The van der Waals surface area contributed by atoms with Gasteiger partial charge in [0.1, 0.15) is 5.75 Å². The standard InChI is InChI=1S/C25H29N3O3S/c1-25(2,3)19-9-7-18(8-10-19)23-26-27-24(31-23)32-16-22(29)28(20-11-12-20)15-17-5-13-21(30-4)14-6-17/h5-10,13-14,20H,11-12,15-16H2,1-4H3. The Morgan fingerprint density at radius 1 is 1.09 bits per heavy atom. The molecule has 4 rings (SSSR count). The number of rotatable bonds is 8. The van der Waals surface area contributed by atoms with Gasteiger partial charge >= 0.3 is 0 Å². The number of aromatic nitrogens is 2. The normalized spacial score (nSPS) is 13.8. The summed E-state index contributed by atoms with van der Waals surface area (Å²) in [5, 5.41) is 8.69. The molecule has 0 N–H and O–H groups in total. The van der Waals surface area contributed by atoms with Gasteiger partial charge in [0.15, 0.2) is 0 Å². The Bertz CT molecular complexity index is 1050. The molecule has 0 saturated heterocycles. The van der Waals surface area contributed by atoms with Crippen LogP contribution in [0.25, 0.3) is 11.5 Å². The summed E-state index contributed by atoms with van der Waals surface area (Å²) in [6, 6.07) is 16.3. The van der Waals surface area contributed by atoms with Crippen molar-refractivity contribution in [1.82, 2.24) is 15.1 Å². The van der Waals surface area contributed by atoms with E-state index in [1.54, 1.807) is 7.11 Å². The number of hydrogen-bond acceptors (Lipinski definition) is 6. The third-order valence-electron chi connectivity index (χ3n) is 5.54. The highest BCUT2D eigenvalue weighted by molar-refractivity contribution is 7.99. The van der Waals surface area contributed by atoms with Crippen LogP contribution in [0.2, 0.25) is 0 Å². The molecule has 0 unspecified atom stereocenters. The summed E-state index contributed by atoms with van der Waals surface area (Å²) in [5.74, 6) is 1.64. The van der Waals surface area contributed by atoms with Crippen LogP contribution in [-0.2, 0) is 16.8 Å². The van der Waals surface area contributed by atoms with E-state index < -0.39 is 0 Å². The predicted octanol–water partition coefficient (Wildman–Crippen LogP) is 5.33. The minimum Gasteiger partial charge on any atom is -0.497 e. The third kappa shape index (κ3) is 5.51. The van der Waals surface area contributed by atoms with Gasteiger partial charge in [-0.05, 0) is 53.6 Å². The first-order valence-electron chi connectivity index (χ1n) is 10.8. The molecule has 1 heterocycles. The molecule has 0 spiro atoms. The molecule has 0 bridgehead atoms. The Hall–Kier alpha value is -2.80. The average molecular weight is 452 g/mol. The summed E-state index contributed by atoms with van der Waals surface area (Å²) < 4.78 is 11.0. The fourth-order valence-corrected chi connectivity index (χ4v) is 4.09. The third-order valence-corrected chi connectivity index (χ3v) is 6.35. The van der Waals surface area contributed by atoms with E-state index in [-0.39, 0.29) is 17.1 Å². The molecule has 32 heavy (non-hydrogen) atoms. The highest BCUT2D eigenvalue weighted by Gasteiger charge is 2.32. The maximum absolute atomic E-state index is 12.9. The number of methoxy groups -OCH3 is 1. The van der Waals surface area contributed by atoms with Crippen LogP contribution in [0, 0.1) is 0 Å². The predicted molar refractivity (Wildman–Crippen MR) is 126 cm³/mol. The van der Waals surface area contributed by atoms with Crippen LogP contribution in [0.15, 0.2) is 58.2 Å². The van der Waals surface area contributed by atoms with Crippen molar-refractivity contribution in [3.05, 3.63) is 59.7 Å². The number of hydrogen-bond donors (Lipinski definition) is 0. The molecule has 1 aromatic heterocycles. The molecule has 1 aliphatic carbocycles. The Morgan fingerprint density at radius 3 is 2.38 bits per heavy atom. The number of nitrogens with zero attached hydrogens (tertiary/aromatic N) is 3. The van der Waals surface area contributed by atoms with Gasteiger partial charge in [-0.2, -0.15) is 0 Å². The van der Waals surface area contributed by atoms with E-state index in [2.05, 4.69) is 43.1 Å². The van der Waals surface area contributed by atoms with Gasteiger partial charge in [-0.3, -0.25) is 4.79 Å². The SMILES string of the molecule is COc1ccc(CN(C(=O)CSc2nnc(-c3ccc(C(C)(C)C)cc3)o2)C2CC2)cc1. The molecule has 1 fully saturated rings. The fourth-order valence-electron chi connectivity index (χ4n) is 3.44. The quantitative estimate of drug-likeness (QED) is 0.432. The zero-order valence-corrected chi connectivity index (χ0v) is 19.8. The van der Waals surface area contributed by atoms with Crippen molar-refractivity contribution in [3.8, 4) is 17.2 Å². The van der Waals surface area contributed by atoms with Crippen molar-refractivity contribution < 1.29 is 13.9 Å². The summed E-state index contributed by atoms with van der Waals surface area (Å²) in [4.78, 5) is 14.9. The van der Waals surface area contributed by atoms with Crippen LogP contribution in [-0.4, -0.2) is 39.9 Å². The molecular formula is C25H29N3O3S. The molecule has 1 saturated carbocycles. The van der Waals surface area contributed by atoms with Gasteiger partial charge in [0, 0.05) is 18.2 Å². The number of carbonyl (C=O) groups is 1. The van der Waals surface area contributed by atoms with Gasteiger partial charge in [0.25, 0.3) is 5.22 Å². The second-order valence-corrected chi connectivity index (χ2v) is 10.0. The average Bonchev–Trinajstić information content (AvgIpc) is 3.52. The van der Waals surface area contributed by atoms with E-state index >= 15 is 0 Å². The fraction of sp³-hybridized carbons (Fsp3) is 0.400. The minimum atomic E-state index is 0.0857. The molecule has 0 aliphatic heterocycles. The summed E-state index contributed by atoms with van der Waals surface area (Å²) in [5.41, 5.74) is 3.31. The van der Waals surface area contributed by atoms with Gasteiger partial charge in [0.2, 0.25) is 11.8 Å². The van der Waals surface area contributed by atoms with Crippen molar-refractivity contribution in [1.29, 1.82) is 0 Å². The Kier molecular flexibility index (Phi) is 6.55. The Balaban J connectivity index is 1.36. The van der Waals surface area contributed by atoms with Gasteiger partial charge in [-0.1, -0.05) is 56.8 Å². The number of ether oxygens (including phenoxy) is 1. The largest absolute Gasteiger partial charge is 0.497 e. The van der Waals surface area contributed by atoms with Gasteiger partial charge in [-0.25, -0.2) is 0 Å². The summed E-state index contributed by atoms with van der Waals surface area (Å²) in [6.07, 6.45) is 2.11. The lowest BCUT2D eigenvalue weighted by Gasteiger charge is -2.22. The van der Waals surface area contributed by atoms with Gasteiger partial charge in [-0.15, -0.1) is 10.2 Å². The number of benzene rings is 2. The first-order valence-corrected chi connectivity index (χ1v) is 11.8. The minimum absolute atomic E-state index is 0.0857. The van der Waals surface area contributed by atoms with E-state index in [1.165, 1.54) is 17.3 Å². The van der Waals surface area contributed by atoms with E-state index in [0.29, 0.717) is 23.7 Å². The monoisotopic (exact) mass is 451 g/mol. The zero-order valence-electron chi connectivity index (χ0n) is 19.0. The summed E-state index contributed by atoms with van der Waals surface area (Å²) in [6.45, 7) is 7.14. The van der Waals surface area contributed by atoms with E-state index in [0.717, 1.165) is 29.7 Å². The lowest BCUT2D eigenvalue weighted by atomic mass is 9.87. The highest BCUT2D eigenvalue weighted by Crippen LogP contribution is 2.31. The number of amides is 1. The first-order chi connectivity index (χ1) is 15.3. The van der Waals surface area contributed by atoms with Crippen LogP contribution < -0.4 is 4.74 Å². The molecule has 1 amide bonds. The molecule has 168 valence electrons. The van der Waals surface area contributed by atoms with E-state index in [4.69, 9.17) is 9.15 Å². The molecule has 3 aromatic rings. The van der Waals surface area contributed by atoms with Crippen molar-refractivity contribution in [2.24, 2.45) is 0 Å². The highest BCUT2D eigenvalue weighted by atomic mass is 32.2. The topological polar surface area (TPSA) is 68.5 Å². The molecule has 1 aliphatic rings.